The van der Waals surface area contributed by atoms with Gasteiger partial charge in [0.05, 0.1) is 16.9 Å². The van der Waals surface area contributed by atoms with Crippen LogP contribution in [0.15, 0.2) is 48.8 Å². The molecule has 1 atom stereocenters. The first-order chi connectivity index (χ1) is 17.7. The number of halogens is 2. The van der Waals surface area contributed by atoms with E-state index >= 15 is 0 Å². The van der Waals surface area contributed by atoms with Gasteiger partial charge < -0.3 is 20.3 Å². The smallest absolute Gasteiger partial charge is 0.407 e. The maximum Gasteiger partial charge on any atom is 0.407 e. The number of nitrogens with one attached hydrogen (secondary N) is 2. The Labute approximate surface area is 221 Å². The first kappa shape index (κ1) is 25.3. The van der Waals surface area contributed by atoms with Gasteiger partial charge in [0.25, 0.3) is 0 Å². The summed E-state index contributed by atoms with van der Waals surface area (Å²) >= 11 is 6.33. The standard InChI is InChI=1S/C28H31ClFN5O2/c1-28(2,3)37-27(36)33-18-9-11-35(12-10-18)25-16-31-15-24(34-25)20-14-32-23-8-7-17(13-19(20)23)26-21(29)5-4-6-22(26)30/h4-8,13,15-16,18,20,32H,9-12,14H2,1-3H3,(H,33,36). The van der Waals surface area contributed by atoms with Gasteiger partial charge in [0.2, 0.25) is 0 Å². The zero-order chi connectivity index (χ0) is 26.2. The lowest BCUT2D eigenvalue weighted by Gasteiger charge is -2.33. The van der Waals surface area contributed by atoms with E-state index in [0.29, 0.717) is 17.1 Å². The van der Waals surface area contributed by atoms with Crippen molar-refractivity contribution in [2.24, 2.45) is 0 Å². The largest absolute Gasteiger partial charge is 0.444 e. The van der Waals surface area contributed by atoms with Gasteiger partial charge in [-0.15, -0.1) is 0 Å². The summed E-state index contributed by atoms with van der Waals surface area (Å²) in [6.07, 6.45) is 4.79. The van der Waals surface area contributed by atoms with Gasteiger partial charge in [-0.2, -0.15) is 0 Å². The lowest BCUT2D eigenvalue weighted by molar-refractivity contribution is 0.0497. The molecular weight excluding hydrogens is 493 g/mol. The highest BCUT2D eigenvalue weighted by Crippen LogP contribution is 2.40. The number of benzene rings is 2. The molecule has 1 fully saturated rings. The molecular formula is C28H31ClFN5O2. The molecule has 3 aromatic rings. The highest BCUT2D eigenvalue weighted by atomic mass is 35.5. The summed E-state index contributed by atoms with van der Waals surface area (Å²) < 4.78 is 20.0. The molecule has 0 bridgehead atoms. The molecule has 3 heterocycles. The van der Waals surface area contributed by atoms with Crippen LogP contribution in [0.4, 0.5) is 20.7 Å². The SMILES string of the molecule is CC(C)(C)OC(=O)NC1CCN(c2cncc(C3CNc4ccc(-c5c(F)cccc5Cl)cc43)n2)CC1. The molecule has 2 aliphatic heterocycles. The molecule has 0 spiro atoms. The number of fused-ring (bicyclic) bond motifs is 1. The molecule has 9 heteroatoms. The van der Waals surface area contributed by atoms with Crippen LogP contribution in [-0.4, -0.2) is 47.3 Å². The Morgan fingerprint density at radius 3 is 2.70 bits per heavy atom. The molecule has 0 saturated carbocycles. The first-order valence-corrected chi connectivity index (χ1v) is 12.9. The minimum Gasteiger partial charge on any atom is -0.444 e. The van der Waals surface area contributed by atoms with E-state index < -0.39 is 5.60 Å². The second-order valence-corrected chi connectivity index (χ2v) is 10.9. The van der Waals surface area contributed by atoms with Crippen molar-refractivity contribution in [1.82, 2.24) is 15.3 Å². The van der Waals surface area contributed by atoms with E-state index in [1.54, 1.807) is 24.5 Å². The molecule has 0 aliphatic carbocycles. The normalized spacial score (nSPS) is 17.8. The maximum absolute atomic E-state index is 14.6. The van der Waals surface area contributed by atoms with Gasteiger partial charge in [-0.1, -0.05) is 23.7 Å². The van der Waals surface area contributed by atoms with Crippen LogP contribution < -0.4 is 15.5 Å². The number of nitrogens with zero attached hydrogens (tertiary/aromatic N) is 3. The quantitative estimate of drug-likeness (QED) is 0.437. The number of piperidine rings is 1. The fourth-order valence-corrected chi connectivity index (χ4v) is 5.22. The van der Waals surface area contributed by atoms with E-state index in [9.17, 15) is 9.18 Å². The molecule has 1 aromatic heterocycles. The lowest BCUT2D eigenvalue weighted by atomic mass is 9.94. The summed E-state index contributed by atoms with van der Waals surface area (Å²) in [7, 11) is 0. The van der Waals surface area contributed by atoms with Crippen molar-refractivity contribution in [1.29, 1.82) is 0 Å². The van der Waals surface area contributed by atoms with Gasteiger partial charge in [0, 0.05) is 49.0 Å². The van der Waals surface area contributed by atoms with Crippen molar-refractivity contribution in [2.45, 2.75) is 51.2 Å². The van der Waals surface area contributed by atoms with Crippen LogP contribution in [0.1, 0.15) is 50.8 Å². The second-order valence-electron chi connectivity index (χ2n) is 10.5. The second kappa shape index (κ2) is 10.2. The number of hydrogen-bond acceptors (Lipinski definition) is 6. The molecule has 2 aliphatic rings. The monoisotopic (exact) mass is 523 g/mol. The summed E-state index contributed by atoms with van der Waals surface area (Å²) in [5.74, 6) is 0.454. The molecule has 7 nitrogen and oxygen atoms in total. The summed E-state index contributed by atoms with van der Waals surface area (Å²) in [5.41, 5.74) is 3.52. The van der Waals surface area contributed by atoms with Gasteiger partial charge in [0.1, 0.15) is 17.2 Å². The Hall–Kier alpha value is -3.39. The molecule has 1 unspecified atom stereocenters. The van der Waals surface area contributed by atoms with Gasteiger partial charge in [-0.3, -0.25) is 4.98 Å². The van der Waals surface area contributed by atoms with Crippen LogP contribution in [0.5, 0.6) is 0 Å². The van der Waals surface area contributed by atoms with Gasteiger partial charge in [-0.25, -0.2) is 14.2 Å². The van der Waals surface area contributed by atoms with Crippen molar-refractivity contribution in [3.8, 4) is 11.1 Å². The molecule has 1 saturated heterocycles. The summed E-state index contributed by atoms with van der Waals surface area (Å²) in [6, 6.07) is 10.6. The van der Waals surface area contributed by atoms with Crippen molar-refractivity contribution < 1.29 is 13.9 Å². The lowest BCUT2D eigenvalue weighted by Crippen LogP contribution is -2.46. The topological polar surface area (TPSA) is 79.4 Å². The Balaban J connectivity index is 1.30. The predicted octanol–water partition coefficient (Wildman–Crippen LogP) is 5.99. The molecule has 0 radical (unpaired) electrons. The molecule has 2 N–H and O–H groups in total. The van der Waals surface area contributed by atoms with Crippen LogP contribution in [-0.2, 0) is 4.74 Å². The highest BCUT2D eigenvalue weighted by molar-refractivity contribution is 6.33. The zero-order valence-corrected chi connectivity index (χ0v) is 22.0. The first-order valence-electron chi connectivity index (χ1n) is 12.6. The molecule has 2 aromatic carbocycles. The van der Waals surface area contributed by atoms with Crippen LogP contribution >= 0.6 is 11.6 Å². The highest BCUT2D eigenvalue weighted by Gasteiger charge is 2.28. The number of carbonyl (C=O) groups is 1. The third-order valence-electron chi connectivity index (χ3n) is 6.71. The van der Waals surface area contributed by atoms with E-state index in [1.807, 2.05) is 39.0 Å². The molecule has 37 heavy (non-hydrogen) atoms. The van der Waals surface area contributed by atoms with Crippen molar-refractivity contribution in [2.75, 3.05) is 29.9 Å². The minimum absolute atomic E-state index is 0.0145. The summed E-state index contributed by atoms with van der Waals surface area (Å²) in [6.45, 7) is 7.77. The number of alkyl carbamates (subject to hydrolysis) is 1. The van der Waals surface area contributed by atoms with E-state index in [-0.39, 0.29) is 23.9 Å². The molecule has 5 rings (SSSR count). The van der Waals surface area contributed by atoms with Crippen LogP contribution in [0.25, 0.3) is 11.1 Å². The fourth-order valence-electron chi connectivity index (χ4n) is 4.94. The number of carbonyl (C=O) groups excluding carboxylic acids is 1. The average Bonchev–Trinajstić information content (AvgIpc) is 3.27. The van der Waals surface area contributed by atoms with Crippen LogP contribution in [0, 0.1) is 5.82 Å². The number of aromatic nitrogens is 2. The summed E-state index contributed by atoms with van der Waals surface area (Å²) in [5, 5.41) is 6.79. The van der Waals surface area contributed by atoms with Crippen molar-refractivity contribution in [3.05, 3.63) is 70.9 Å². The molecule has 1 amide bonds. The van der Waals surface area contributed by atoms with Gasteiger partial charge >= 0.3 is 6.09 Å². The van der Waals surface area contributed by atoms with Crippen LogP contribution in [0.3, 0.4) is 0 Å². The van der Waals surface area contributed by atoms with Crippen molar-refractivity contribution >= 4 is 29.2 Å². The Morgan fingerprint density at radius 1 is 1.19 bits per heavy atom. The van der Waals surface area contributed by atoms with E-state index in [2.05, 4.69) is 20.5 Å². The third kappa shape index (κ3) is 5.64. The average molecular weight is 524 g/mol. The number of ether oxygens (including phenoxy) is 1. The maximum atomic E-state index is 14.6. The number of hydrogen-bond donors (Lipinski definition) is 2. The fraction of sp³-hybridized carbons (Fsp3) is 0.393. The Kier molecular flexibility index (Phi) is 6.94. The third-order valence-corrected chi connectivity index (χ3v) is 7.03. The molecule has 194 valence electrons. The predicted molar refractivity (Wildman–Crippen MR) is 144 cm³/mol. The summed E-state index contributed by atoms with van der Waals surface area (Å²) in [4.78, 5) is 23.8. The van der Waals surface area contributed by atoms with E-state index in [4.69, 9.17) is 21.3 Å². The van der Waals surface area contributed by atoms with E-state index in [0.717, 1.165) is 54.3 Å². The Morgan fingerprint density at radius 2 is 1.97 bits per heavy atom. The van der Waals surface area contributed by atoms with Gasteiger partial charge in [-0.05, 0) is 69.0 Å². The number of anilines is 2. The van der Waals surface area contributed by atoms with E-state index in [1.165, 1.54) is 6.07 Å². The van der Waals surface area contributed by atoms with Crippen molar-refractivity contribution in [3.63, 3.8) is 0 Å². The minimum atomic E-state index is -0.517. The Bertz CT molecular complexity index is 1280. The van der Waals surface area contributed by atoms with Gasteiger partial charge in [0.15, 0.2) is 0 Å². The number of amides is 1. The zero-order valence-electron chi connectivity index (χ0n) is 21.2. The van der Waals surface area contributed by atoms with Crippen LogP contribution in [0.2, 0.25) is 5.02 Å². The number of rotatable bonds is 4.